The van der Waals surface area contributed by atoms with E-state index in [4.69, 9.17) is 11.6 Å². The molecule has 0 aliphatic heterocycles. The predicted molar refractivity (Wildman–Crippen MR) is 94.5 cm³/mol. The molecule has 0 radical (unpaired) electrons. The summed E-state index contributed by atoms with van der Waals surface area (Å²) >= 11 is 5.87. The molecule has 5 heteroatoms. The predicted octanol–water partition coefficient (Wildman–Crippen LogP) is 3.89. The Morgan fingerprint density at radius 2 is 1.70 bits per heavy atom. The van der Waals surface area contributed by atoms with E-state index >= 15 is 0 Å². The van der Waals surface area contributed by atoms with E-state index in [1.807, 2.05) is 61.1 Å². The molecule has 2 aromatic carbocycles. The van der Waals surface area contributed by atoms with Crippen molar-refractivity contribution in [2.24, 2.45) is 12.0 Å². The maximum absolute atomic E-state index is 12.7. The summed E-state index contributed by atoms with van der Waals surface area (Å²) in [7, 11) is 1.85. The van der Waals surface area contributed by atoms with Crippen molar-refractivity contribution in [2.45, 2.75) is 6.92 Å². The van der Waals surface area contributed by atoms with Crippen molar-refractivity contribution in [3.63, 3.8) is 0 Å². The van der Waals surface area contributed by atoms with Crippen LogP contribution in [0.3, 0.4) is 0 Å². The number of hydrogen-bond acceptors (Lipinski definition) is 2. The molecule has 1 heterocycles. The smallest absolute Gasteiger partial charge is 0.283 e. The first kappa shape index (κ1) is 15.3. The van der Waals surface area contributed by atoms with Gasteiger partial charge in [-0.05, 0) is 36.8 Å². The highest BCUT2D eigenvalue weighted by atomic mass is 35.5. The van der Waals surface area contributed by atoms with Crippen molar-refractivity contribution in [2.75, 3.05) is 0 Å². The second-order valence-corrected chi connectivity index (χ2v) is 5.66. The molecule has 0 atom stereocenters. The van der Waals surface area contributed by atoms with E-state index in [0.717, 1.165) is 16.9 Å². The van der Waals surface area contributed by atoms with Crippen LogP contribution in [0.5, 0.6) is 0 Å². The third-order valence-electron chi connectivity index (χ3n) is 3.74. The molecule has 1 aromatic heterocycles. The summed E-state index contributed by atoms with van der Waals surface area (Å²) in [5.41, 5.74) is 2.82. The average Bonchev–Trinajstić information content (AvgIpc) is 2.78. The van der Waals surface area contributed by atoms with E-state index in [-0.39, 0.29) is 5.56 Å². The molecule has 0 saturated carbocycles. The average molecular weight is 326 g/mol. The Labute approximate surface area is 139 Å². The van der Waals surface area contributed by atoms with E-state index < -0.39 is 0 Å². The SMILES string of the molecule is Cc1c(N=Cc2ccc(Cl)cc2)c(=O)n(-c2ccccc2)n1C. The van der Waals surface area contributed by atoms with Gasteiger partial charge in [-0.25, -0.2) is 9.67 Å². The zero-order valence-electron chi connectivity index (χ0n) is 12.9. The summed E-state index contributed by atoms with van der Waals surface area (Å²) < 4.78 is 3.43. The van der Waals surface area contributed by atoms with E-state index in [1.165, 1.54) is 0 Å². The Kier molecular flexibility index (Phi) is 4.17. The highest BCUT2D eigenvalue weighted by Crippen LogP contribution is 2.17. The maximum Gasteiger partial charge on any atom is 0.297 e. The molecule has 0 spiro atoms. The standard InChI is InChI=1S/C18H16ClN3O/c1-13-17(20-12-14-8-10-15(19)11-9-14)18(23)22(21(13)2)16-6-4-3-5-7-16/h3-12H,1-2H3. The van der Waals surface area contributed by atoms with E-state index in [9.17, 15) is 4.79 Å². The van der Waals surface area contributed by atoms with Gasteiger partial charge in [-0.15, -0.1) is 0 Å². The molecule has 0 aliphatic rings. The van der Waals surface area contributed by atoms with Crippen LogP contribution in [0.15, 0.2) is 64.4 Å². The molecule has 0 fully saturated rings. The first-order valence-electron chi connectivity index (χ1n) is 7.21. The van der Waals surface area contributed by atoms with Crippen LogP contribution in [-0.4, -0.2) is 15.6 Å². The minimum Gasteiger partial charge on any atom is -0.283 e. The molecule has 0 bridgehead atoms. The molecular formula is C18H16ClN3O. The Balaban J connectivity index is 2.04. The van der Waals surface area contributed by atoms with Gasteiger partial charge in [0, 0.05) is 18.3 Å². The molecule has 3 aromatic rings. The lowest BCUT2D eigenvalue weighted by Crippen LogP contribution is -2.19. The molecule has 0 N–H and O–H groups in total. The van der Waals surface area contributed by atoms with Gasteiger partial charge in [0.25, 0.3) is 5.56 Å². The second kappa shape index (κ2) is 6.26. The number of hydrogen-bond donors (Lipinski definition) is 0. The van der Waals surface area contributed by atoms with Crippen LogP contribution < -0.4 is 5.56 Å². The van der Waals surface area contributed by atoms with Gasteiger partial charge in [0.15, 0.2) is 5.69 Å². The van der Waals surface area contributed by atoms with Crippen molar-refractivity contribution < 1.29 is 0 Å². The van der Waals surface area contributed by atoms with Gasteiger partial charge in [-0.3, -0.25) is 9.48 Å². The fraction of sp³-hybridized carbons (Fsp3) is 0.111. The minimum atomic E-state index is -0.138. The van der Waals surface area contributed by atoms with Gasteiger partial charge >= 0.3 is 0 Å². The largest absolute Gasteiger partial charge is 0.297 e. The zero-order chi connectivity index (χ0) is 16.4. The van der Waals surface area contributed by atoms with Crippen LogP contribution in [0.25, 0.3) is 5.69 Å². The van der Waals surface area contributed by atoms with Crippen LogP contribution >= 0.6 is 11.6 Å². The number of aromatic nitrogens is 2. The van der Waals surface area contributed by atoms with Gasteiger partial charge in [-0.1, -0.05) is 41.9 Å². The fourth-order valence-corrected chi connectivity index (χ4v) is 2.52. The van der Waals surface area contributed by atoms with Crippen molar-refractivity contribution in [3.05, 3.63) is 81.2 Å². The number of rotatable bonds is 3. The van der Waals surface area contributed by atoms with Crippen molar-refractivity contribution >= 4 is 23.5 Å². The highest BCUT2D eigenvalue weighted by Gasteiger charge is 2.14. The van der Waals surface area contributed by atoms with Crippen molar-refractivity contribution in [1.82, 2.24) is 9.36 Å². The molecule has 23 heavy (non-hydrogen) atoms. The first-order chi connectivity index (χ1) is 11.1. The summed E-state index contributed by atoms with van der Waals surface area (Å²) in [5.74, 6) is 0. The molecular weight excluding hydrogens is 310 g/mol. The number of halogens is 1. The van der Waals surface area contributed by atoms with Crippen LogP contribution in [0.2, 0.25) is 5.02 Å². The number of nitrogens with zero attached hydrogens (tertiary/aromatic N) is 3. The van der Waals surface area contributed by atoms with Crippen LogP contribution in [-0.2, 0) is 7.05 Å². The highest BCUT2D eigenvalue weighted by molar-refractivity contribution is 6.30. The molecule has 0 saturated heterocycles. The van der Waals surface area contributed by atoms with Crippen molar-refractivity contribution in [3.8, 4) is 5.69 Å². The number of para-hydroxylation sites is 1. The quantitative estimate of drug-likeness (QED) is 0.673. The monoisotopic (exact) mass is 325 g/mol. The van der Waals surface area contributed by atoms with E-state index in [2.05, 4.69) is 4.99 Å². The van der Waals surface area contributed by atoms with Crippen LogP contribution in [0.4, 0.5) is 5.69 Å². The summed E-state index contributed by atoms with van der Waals surface area (Å²) in [4.78, 5) is 17.1. The first-order valence-corrected chi connectivity index (χ1v) is 7.59. The van der Waals surface area contributed by atoms with Crippen LogP contribution in [0.1, 0.15) is 11.3 Å². The Morgan fingerprint density at radius 3 is 2.35 bits per heavy atom. The molecule has 4 nitrogen and oxygen atoms in total. The van der Waals surface area contributed by atoms with Crippen LogP contribution in [0, 0.1) is 6.92 Å². The van der Waals surface area contributed by atoms with Crippen molar-refractivity contribution in [1.29, 1.82) is 0 Å². The zero-order valence-corrected chi connectivity index (χ0v) is 13.7. The lowest BCUT2D eigenvalue weighted by molar-refractivity contribution is 0.630. The minimum absolute atomic E-state index is 0.138. The molecule has 116 valence electrons. The molecule has 0 amide bonds. The normalized spacial score (nSPS) is 11.3. The molecule has 3 rings (SSSR count). The maximum atomic E-state index is 12.7. The van der Waals surface area contributed by atoms with Gasteiger partial charge in [0.05, 0.1) is 11.4 Å². The Bertz CT molecular complexity index is 906. The second-order valence-electron chi connectivity index (χ2n) is 5.22. The summed E-state index contributed by atoms with van der Waals surface area (Å²) in [6.07, 6.45) is 1.68. The third-order valence-corrected chi connectivity index (χ3v) is 3.99. The molecule has 0 unspecified atom stereocenters. The summed E-state index contributed by atoms with van der Waals surface area (Å²) in [6, 6.07) is 16.8. The number of aliphatic imine (C=N–C) groups is 1. The molecule has 0 aliphatic carbocycles. The lowest BCUT2D eigenvalue weighted by Gasteiger charge is -2.07. The van der Waals surface area contributed by atoms with Gasteiger partial charge in [0.2, 0.25) is 0 Å². The van der Waals surface area contributed by atoms with Gasteiger partial charge < -0.3 is 0 Å². The number of benzene rings is 2. The van der Waals surface area contributed by atoms with Gasteiger partial charge in [-0.2, -0.15) is 0 Å². The fourth-order valence-electron chi connectivity index (χ4n) is 2.39. The Hall–Kier alpha value is -2.59. The summed E-state index contributed by atoms with van der Waals surface area (Å²) in [6.45, 7) is 1.88. The van der Waals surface area contributed by atoms with E-state index in [0.29, 0.717) is 10.7 Å². The van der Waals surface area contributed by atoms with Gasteiger partial charge in [0.1, 0.15) is 0 Å². The summed E-state index contributed by atoms with van der Waals surface area (Å²) in [5, 5.41) is 0.671. The lowest BCUT2D eigenvalue weighted by atomic mass is 10.2. The topological polar surface area (TPSA) is 39.3 Å². The third kappa shape index (κ3) is 2.98. The Morgan fingerprint density at radius 1 is 1.04 bits per heavy atom. The van der Waals surface area contributed by atoms with E-state index in [1.54, 1.807) is 23.0 Å².